The number of amides is 1. The number of hydrogen-bond donors (Lipinski definition) is 0. The first-order chi connectivity index (χ1) is 15.0. The van der Waals surface area contributed by atoms with Crippen LogP contribution < -0.4 is 9.64 Å². The summed E-state index contributed by atoms with van der Waals surface area (Å²) < 4.78 is 6.36. The van der Waals surface area contributed by atoms with E-state index in [4.69, 9.17) is 9.72 Å². The van der Waals surface area contributed by atoms with Crippen LogP contribution in [0.4, 0.5) is 5.13 Å². The van der Waals surface area contributed by atoms with E-state index < -0.39 is 0 Å². The molecule has 0 N–H and O–H groups in total. The van der Waals surface area contributed by atoms with E-state index in [1.54, 1.807) is 7.11 Å². The summed E-state index contributed by atoms with van der Waals surface area (Å²) in [5.74, 6) is 0.866. The molecule has 1 amide bonds. The highest BCUT2D eigenvalue weighted by atomic mass is 32.1. The lowest BCUT2D eigenvalue weighted by atomic mass is 10.0. The number of thiazole rings is 1. The van der Waals surface area contributed by atoms with Crippen molar-refractivity contribution in [3.63, 3.8) is 0 Å². The molecule has 4 aromatic rings. The molecular weight excluding hydrogens is 406 g/mol. The molecule has 160 valence electrons. The number of aromatic nitrogens is 1. The minimum absolute atomic E-state index is 0.0705. The zero-order valence-electron chi connectivity index (χ0n) is 18.2. The van der Waals surface area contributed by atoms with Crippen LogP contribution in [0.2, 0.25) is 0 Å². The molecule has 0 unspecified atom stereocenters. The lowest BCUT2D eigenvalue weighted by Gasteiger charge is -2.21. The fourth-order valence-electron chi connectivity index (χ4n) is 3.71. The van der Waals surface area contributed by atoms with Gasteiger partial charge in [0.2, 0.25) is 5.91 Å². The zero-order valence-corrected chi connectivity index (χ0v) is 19.0. The Bertz CT molecular complexity index is 1200. The Balaban J connectivity index is 1.64. The van der Waals surface area contributed by atoms with Gasteiger partial charge in [-0.2, -0.15) is 0 Å². The maximum Gasteiger partial charge on any atom is 0.233 e. The van der Waals surface area contributed by atoms with Crippen LogP contribution in [0.15, 0.2) is 60.7 Å². The zero-order chi connectivity index (χ0) is 21.8. The standard InChI is InChI=1S/C25H27N3O2S/c1-27(2)14-7-15-28(25-26-22-13-12-20(30-3)17-23(22)31-25)24(29)16-19-10-6-9-18-8-4-5-11-21(18)19/h4-6,8-13,17H,7,14-16H2,1-3H3. The fraction of sp³-hybridized carbons (Fsp3) is 0.280. The average Bonchev–Trinajstić information content (AvgIpc) is 3.19. The predicted molar refractivity (Wildman–Crippen MR) is 129 cm³/mol. The topological polar surface area (TPSA) is 45.7 Å². The molecule has 0 aliphatic heterocycles. The van der Waals surface area contributed by atoms with Gasteiger partial charge in [0.05, 0.1) is 23.7 Å². The van der Waals surface area contributed by atoms with Gasteiger partial charge < -0.3 is 9.64 Å². The highest BCUT2D eigenvalue weighted by molar-refractivity contribution is 7.22. The molecule has 5 nitrogen and oxygen atoms in total. The molecule has 1 aromatic heterocycles. The minimum atomic E-state index is 0.0705. The van der Waals surface area contributed by atoms with Gasteiger partial charge in [0.25, 0.3) is 0 Å². The van der Waals surface area contributed by atoms with Crippen LogP contribution in [-0.2, 0) is 11.2 Å². The van der Waals surface area contributed by atoms with Crippen molar-refractivity contribution >= 4 is 43.4 Å². The van der Waals surface area contributed by atoms with Crippen LogP contribution in [0.25, 0.3) is 21.0 Å². The lowest BCUT2D eigenvalue weighted by molar-refractivity contribution is -0.118. The molecule has 0 fully saturated rings. The molecular formula is C25H27N3O2S. The van der Waals surface area contributed by atoms with Gasteiger partial charge in [-0.05, 0) is 61.6 Å². The number of rotatable bonds is 8. The van der Waals surface area contributed by atoms with Crippen LogP contribution in [-0.4, -0.2) is 50.1 Å². The molecule has 3 aromatic carbocycles. The van der Waals surface area contributed by atoms with E-state index >= 15 is 0 Å². The summed E-state index contributed by atoms with van der Waals surface area (Å²) in [5, 5.41) is 3.02. The number of anilines is 1. The number of carbonyl (C=O) groups is 1. The fourth-order valence-corrected chi connectivity index (χ4v) is 4.75. The Morgan fingerprint density at radius 1 is 1.03 bits per heavy atom. The van der Waals surface area contributed by atoms with E-state index in [2.05, 4.69) is 23.1 Å². The van der Waals surface area contributed by atoms with Gasteiger partial charge in [0.1, 0.15) is 5.75 Å². The number of methoxy groups -OCH3 is 1. The van der Waals surface area contributed by atoms with E-state index in [1.807, 2.05) is 61.5 Å². The van der Waals surface area contributed by atoms with Gasteiger partial charge in [-0.1, -0.05) is 53.8 Å². The number of carbonyl (C=O) groups excluding carboxylic acids is 1. The third-order valence-corrected chi connectivity index (χ3v) is 6.37. The summed E-state index contributed by atoms with van der Waals surface area (Å²) in [4.78, 5) is 22.2. The molecule has 31 heavy (non-hydrogen) atoms. The summed E-state index contributed by atoms with van der Waals surface area (Å²) in [6.07, 6.45) is 1.23. The molecule has 0 radical (unpaired) electrons. The Labute approximate surface area is 186 Å². The highest BCUT2D eigenvalue weighted by Crippen LogP contribution is 2.32. The van der Waals surface area contributed by atoms with Crippen molar-refractivity contribution in [3.8, 4) is 5.75 Å². The van der Waals surface area contributed by atoms with Gasteiger partial charge in [-0.15, -0.1) is 0 Å². The smallest absolute Gasteiger partial charge is 0.233 e. The normalized spacial score (nSPS) is 11.4. The molecule has 4 rings (SSSR count). The van der Waals surface area contributed by atoms with E-state index in [9.17, 15) is 4.79 Å². The third-order valence-electron chi connectivity index (χ3n) is 5.32. The van der Waals surface area contributed by atoms with Crippen molar-refractivity contribution in [2.75, 3.05) is 39.2 Å². The van der Waals surface area contributed by atoms with Crippen molar-refractivity contribution < 1.29 is 9.53 Å². The quantitative estimate of drug-likeness (QED) is 0.393. The first-order valence-electron chi connectivity index (χ1n) is 10.4. The molecule has 0 spiro atoms. The number of nitrogens with zero attached hydrogens (tertiary/aromatic N) is 3. The van der Waals surface area contributed by atoms with Crippen LogP contribution >= 0.6 is 11.3 Å². The highest BCUT2D eigenvalue weighted by Gasteiger charge is 2.21. The van der Waals surface area contributed by atoms with E-state index in [1.165, 1.54) is 11.3 Å². The molecule has 0 aliphatic carbocycles. The monoisotopic (exact) mass is 433 g/mol. The first kappa shape index (κ1) is 21.3. The van der Waals surface area contributed by atoms with Gasteiger partial charge in [0.15, 0.2) is 5.13 Å². The second-order valence-electron chi connectivity index (χ2n) is 7.85. The molecule has 0 bridgehead atoms. The maximum atomic E-state index is 13.5. The maximum absolute atomic E-state index is 13.5. The molecule has 0 saturated carbocycles. The Hall–Kier alpha value is -2.96. The van der Waals surface area contributed by atoms with Crippen LogP contribution in [0, 0.1) is 0 Å². The van der Waals surface area contributed by atoms with Crippen molar-refractivity contribution in [2.24, 2.45) is 0 Å². The Kier molecular flexibility index (Phi) is 6.49. The SMILES string of the molecule is COc1ccc2nc(N(CCCN(C)C)C(=O)Cc3cccc4ccccc34)sc2c1. The second kappa shape index (κ2) is 9.45. The van der Waals surface area contributed by atoms with Crippen LogP contribution in [0.5, 0.6) is 5.75 Å². The summed E-state index contributed by atoms with van der Waals surface area (Å²) in [7, 11) is 5.75. The minimum Gasteiger partial charge on any atom is -0.497 e. The molecule has 0 saturated heterocycles. The number of benzene rings is 3. The number of ether oxygens (including phenoxy) is 1. The lowest BCUT2D eigenvalue weighted by Crippen LogP contribution is -2.34. The van der Waals surface area contributed by atoms with Gasteiger partial charge in [0, 0.05) is 6.54 Å². The van der Waals surface area contributed by atoms with Crippen molar-refractivity contribution in [2.45, 2.75) is 12.8 Å². The Morgan fingerprint density at radius 3 is 2.65 bits per heavy atom. The van der Waals surface area contributed by atoms with E-state index in [0.29, 0.717) is 13.0 Å². The first-order valence-corrected chi connectivity index (χ1v) is 11.2. The van der Waals surface area contributed by atoms with Crippen LogP contribution in [0.1, 0.15) is 12.0 Å². The van der Waals surface area contributed by atoms with Crippen molar-refractivity contribution in [1.82, 2.24) is 9.88 Å². The second-order valence-corrected chi connectivity index (χ2v) is 8.86. The van der Waals surface area contributed by atoms with Crippen molar-refractivity contribution in [1.29, 1.82) is 0 Å². The van der Waals surface area contributed by atoms with Gasteiger partial charge >= 0.3 is 0 Å². The molecule has 0 atom stereocenters. The molecule has 1 heterocycles. The summed E-state index contributed by atoms with van der Waals surface area (Å²) >= 11 is 1.54. The van der Waals surface area contributed by atoms with E-state index in [0.717, 1.165) is 50.4 Å². The molecule has 0 aliphatic rings. The van der Waals surface area contributed by atoms with Crippen LogP contribution in [0.3, 0.4) is 0 Å². The van der Waals surface area contributed by atoms with Gasteiger partial charge in [-0.25, -0.2) is 4.98 Å². The summed E-state index contributed by atoms with van der Waals surface area (Å²) in [6.45, 7) is 1.55. The van der Waals surface area contributed by atoms with Crippen molar-refractivity contribution in [3.05, 3.63) is 66.2 Å². The van der Waals surface area contributed by atoms with Gasteiger partial charge in [-0.3, -0.25) is 9.69 Å². The summed E-state index contributed by atoms with van der Waals surface area (Å²) in [6, 6.07) is 20.2. The van der Waals surface area contributed by atoms with E-state index in [-0.39, 0.29) is 5.91 Å². The largest absolute Gasteiger partial charge is 0.497 e. The summed E-state index contributed by atoms with van der Waals surface area (Å²) in [5.41, 5.74) is 1.93. The average molecular weight is 434 g/mol. The predicted octanol–water partition coefficient (Wildman–Crippen LogP) is 4.99. The third kappa shape index (κ3) is 4.86. The Morgan fingerprint density at radius 2 is 1.84 bits per heavy atom. The number of hydrogen-bond acceptors (Lipinski definition) is 5. The molecule has 6 heteroatoms. The number of fused-ring (bicyclic) bond motifs is 2.